The van der Waals surface area contributed by atoms with Crippen LogP contribution in [0.25, 0.3) is 5.76 Å². The predicted molar refractivity (Wildman–Crippen MR) is 113 cm³/mol. The van der Waals surface area contributed by atoms with E-state index < -0.39 is 52.0 Å². The molecule has 177 valence electrons. The third-order valence-corrected chi connectivity index (χ3v) is 6.78. The maximum Gasteiger partial charge on any atom is 0.255 e. The summed E-state index contributed by atoms with van der Waals surface area (Å²) in [6.45, 7) is 3.65. The summed E-state index contributed by atoms with van der Waals surface area (Å²) in [6, 6.07) is 3.24. The van der Waals surface area contributed by atoms with Gasteiger partial charge in [0.05, 0.1) is 5.56 Å². The Bertz CT molecular complexity index is 1170. The zero-order valence-electron chi connectivity index (χ0n) is 18.1. The van der Waals surface area contributed by atoms with Crippen LogP contribution in [0.1, 0.15) is 29.5 Å². The molecule has 2 amide bonds. The van der Waals surface area contributed by atoms with Crippen molar-refractivity contribution in [2.75, 3.05) is 6.54 Å². The van der Waals surface area contributed by atoms with Gasteiger partial charge in [0.15, 0.2) is 11.4 Å². The monoisotopic (exact) mass is 543 g/mol. The Morgan fingerprint density at radius 1 is 1.24 bits per heavy atom. The maximum absolute atomic E-state index is 13.4. The number of fused-ring (bicyclic) bond motifs is 3. The Kier molecular flexibility index (Phi) is 7.08. The van der Waals surface area contributed by atoms with Gasteiger partial charge in [-0.1, -0.05) is 12.1 Å². The fourth-order valence-corrected chi connectivity index (χ4v) is 5.13. The third-order valence-electron chi connectivity index (χ3n) is 6.78. The molecule has 3 aliphatic carbocycles. The minimum atomic E-state index is -2.60. The number of hydrogen-bond donors (Lipinski definition) is 5. The topological polar surface area (TPSA) is 178 Å². The molecule has 0 bridgehead atoms. The number of Topliss-reactive ketones (excluding diaryl/α,β-unsaturated/α-hetero) is 2. The SMILES string of the molecule is [CH2-]CN([C-]=O)Cc1ccc2c(c1O)C(O)=C1C(=O)[C@]3(O)C(O)=C(C(N)=O)C(=O)CC3CC1C2.[Y]. The summed E-state index contributed by atoms with van der Waals surface area (Å²) in [4.78, 5) is 49.6. The Labute approximate surface area is 220 Å². The number of hydrogen-bond acceptors (Lipinski definition) is 8. The second-order valence-electron chi connectivity index (χ2n) is 8.53. The van der Waals surface area contributed by atoms with E-state index in [0.29, 0.717) is 5.56 Å². The van der Waals surface area contributed by atoms with Crippen LogP contribution in [0, 0.1) is 18.8 Å². The number of carbonyl (C=O) groups is 3. The smallest absolute Gasteiger partial charge is 0.255 e. The Balaban J connectivity index is 0.00000324. The summed E-state index contributed by atoms with van der Waals surface area (Å²) in [5.41, 5.74) is 2.33. The van der Waals surface area contributed by atoms with E-state index in [4.69, 9.17) is 5.73 Å². The second kappa shape index (κ2) is 9.24. The van der Waals surface area contributed by atoms with E-state index in [1.165, 1.54) is 4.90 Å². The van der Waals surface area contributed by atoms with E-state index in [1.54, 1.807) is 18.5 Å². The number of primary amides is 1. The predicted octanol–water partition coefficient (Wildman–Crippen LogP) is 0.125. The largest absolute Gasteiger partial charge is 0.538 e. The van der Waals surface area contributed by atoms with Crippen LogP contribution < -0.4 is 5.73 Å². The molecule has 1 aromatic carbocycles. The molecular formula is C23H22N2O8Y-2. The van der Waals surface area contributed by atoms with E-state index in [2.05, 4.69) is 6.92 Å². The van der Waals surface area contributed by atoms with Gasteiger partial charge in [0.2, 0.25) is 5.78 Å². The number of amides is 2. The van der Waals surface area contributed by atoms with E-state index in [0.717, 1.165) is 0 Å². The number of benzene rings is 1. The molecule has 34 heavy (non-hydrogen) atoms. The second-order valence-corrected chi connectivity index (χ2v) is 8.53. The van der Waals surface area contributed by atoms with Crippen molar-refractivity contribution in [3.63, 3.8) is 0 Å². The number of aliphatic hydroxyl groups excluding tert-OH is 2. The molecule has 11 heteroatoms. The first-order chi connectivity index (χ1) is 15.6. The van der Waals surface area contributed by atoms with Crippen molar-refractivity contribution in [3.8, 4) is 5.75 Å². The number of nitrogens with two attached hydrogens (primary N) is 1. The number of phenols is 1. The van der Waals surface area contributed by atoms with Crippen molar-refractivity contribution in [1.82, 2.24) is 4.90 Å². The number of rotatable bonds is 5. The zero-order chi connectivity index (χ0) is 24.2. The Morgan fingerprint density at radius 2 is 1.91 bits per heavy atom. The summed E-state index contributed by atoms with van der Waals surface area (Å²) < 4.78 is 0. The molecule has 3 aliphatic rings. The van der Waals surface area contributed by atoms with Gasteiger partial charge in [-0.2, -0.15) is 6.41 Å². The molecule has 10 nitrogen and oxygen atoms in total. The van der Waals surface area contributed by atoms with E-state index in [1.807, 2.05) is 0 Å². The number of phenolic OH excluding ortho intramolecular Hbond substituents is 1. The minimum Gasteiger partial charge on any atom is -0.538 e. The first-order valence-electron chi connectivity index (χ1n) is 10.3. The maximum atomic E-state index is 13.4. The molecule has 0 spiro atoms. The van der Waals surface area contributed by atoms with Crippen molar-refractivity contribution < 1.29 is 72.3 Å². The first-order valence-corrected chi connectivity index (χ1v) is 10.3. The first kappa shape index (κ1) is 26.1. The van der Waals surface area contributed by atoms with E-state index in [9.17, 15) is 39.6 Å². The molecule has 0 aliphatic heterocycles. The number of aliphatic hydroxyl groups is 3. The van der Waals surface area contributed by atoms with Crippen molar-refractivity contribution in [3.05, 3.63) is 52.7 Å². The quantitative estimate of drug-likeness (QED) is 0.198. The molecule has 3 atom stereocenters. The van der Waals surface area contributed by atoms with Crippen LogP contribution in [0.2, 0.25) is 0 Å². The summed E-state index contributed by atoms with van der Waals surface area (Å²) >= 11 is 0. The molecule has 0 saturated heterocycles. The van der Waals surface area contributed by atoms with E-state index in [-0.39, 0.29) is 87.5 Å². The third kappa shape index (κ3) is 3.68. The van der Waals surface area contributed by atoms with Crippen molar-refractivity contribution >= 4 is 29.6 Å². The van der Waals surface area contributed by atoms with Gasteiger partial charge in [0.25, 0.3) is 5.91 Å². The fraction of sp³-hybridized carbons (Fsp3) is 0.348. The molecule has 2 unspecified atom stereocenters. The van der Waals surface area contributed by atoms with Crippen LogP contribution in [-0.4, -0.2) is 61.4 Å². The molecule has 1 radical (unpaired) electrons. The van der Waals surface area contributed by atoms with Crippen LogP contribution in [0.4, 0.5) is 0 Å². The van der Waals surface area contributed by atoms with Crippen LogP contribution in [-0.2, 0) is 64.9 Å². The van der Waals surface area contributed by atoms with Gasteiger partial charge in [0.1, 0.15) is 22.8 Å². The Morgan fingerprint density at radius 3 is 2.50 bits per heavy atom. The number of carbonyl (C=O) groups excluding carboxylic acids is 4. The van der Waals surface area contributed by atoms with Crippen LogP contribution in [0.5, 0.6) is 5.75 Å². The summed E-state index contributed by atoms with van der Waals surface area (Å²) in [6.07, 6.45) is 1.61. The molecular weight excluding hydrogens is 521 g/mol. The van der Waals surface area contributed by atoms with Gasteiger partial charge in [-0.15, -0.1) is 6.54 Å². The number of nitrogens with zero attached hydrogens (tertiary/aromatic N) is 1. The minimum absolute atomic E-state index is 0. The van der Waals surface area contributed by atoms with Gasteiger partial charge >= 0.3 is 0 Å². The number of ketones is 2. The summed E-state index contributed by atoms with van der Waals surface area (Å²) in [7, 11) is 0. The average Bonchev–Trinajstić information content (AvgIpc) is 2.75. The molecule has 1 saturated carbocycles. The van der Waals surface area contributed by atoms with Gasteiger partial charge < -0.3 is 42.8 Å². The molecule has 1 aromatic rings. The summed E-state index contributed by atoms with van der Waals surface area (Å²) in [5.74, 6) is -6.71. The molecule has 0 aromatic heterocycles. The molecule has 4 rings (SSSR count). The van der Waals surface area contributed by atoms with E-state index >= 15 is 0 Å². The van der Waals surface area contributed by atoms with Gasteiger partial charge in [-0.05, 0) is 24.3 Å². The van der Waals surface area contributed by atoms with Crippen molar-refractivity contribution in [2.45, 2.75) is 31.4 Å². The average molecular weight is 543 g/mol. The van der Waals surface area contributed by atoms with Crippen LogP contribution in [0.3, 0.4) is 0 Å². The van der Waals surface area contributed by atoms with Crippen molar-refractivity contribution in [1.29, 1.82) is 0 Å². The Hall–Kier alpha value is -2.56. The van der Waals surface area contributed by atoms with Crippen LogP contribution >= 0.6 is 0 Å². The normalized spacial score (nSPS) is 25.7. The molecule has 6 N–H and O–H groups in total. The fourth-order valence-electron chi connectivity index (χ4n) is 5.13. The molecule has 1 fully saturated rings. The van der Waals surface area contributed by atoms with Crippen molar-refractivity contribution in [2.24, 2.45) is 17.6 Å². The van der Waals surface area contributed by atoms with Gasteiger partial charge in [-0.25, -0.2) is 0 Å². The van der Waals surface area contributed by atoms with Gasteiger partial charge in [0, 0.05) is 62.7 Å². The number of aromatic hydroxyl groups is 1. The molecule has 0 heterocycles. The summed E-state index contributed by atoms with van der Waals surface area (Å²) in [5, 5.41) is 43.6. The van der Waals surface area contributed by atoms with Crippen LogP contribution in [0.15, 0.2) is 29.0 Å². The zero-order valence-corrected chi connectivity index (χ0v) is 20.9. The van der Waals surface area contributed by atoms with Gasteiger partial charge in [-0.3, -0.25) is 14.4 Å². The standard InChI is InChI=1S/C23H22N2O8.Y/c1-2-25(9-26)8-11-4-3-10-5-12-6-13-7-14(27)17(22(24)32)21(31)23(13,33)20(30)16(12)19(29)15(10)18(11)28;/h3-4,12-13,28-29,31,33H,1-2,5-8H2,(H2,24,32);/q-2;/t12?,13?,23-;/m0./s1.